The van der Waals surface area contributed by atoms with Crippen LogP contribution in [0.25, 0.3) is 44.2 Å². The number of fused-ring (bicyclic) bond motifs is 12. The molecule has 270 valence electrons. The zero-order valence-corrected chi connectivity index (χ0v) is 32.1. The van der Waals surface area contributed by atoms with Crippen LogP contribution in [-0.4, -0.2) is 4.57 Å². The van der Waals surface area contributed by atoms with Crippen molar-refractivity contribution < 1.29 is 0 Å². The van der Waals surface area contributed by atoms with Crippen LogP contribution in [0.15, 0.2) is 175 Å². The second-order valence-corrected chi connectivity index (χ2v) is 15.9. The van der Waals surface area contributed by atoms with Gasteiger partial charge < -0.3 is 9.47 Å². The van der Waals surface area contributed by atoms with Gasteiger partial charge in [0.2, 0.25) is 0 Å². The molecule has 7 aromatic carbocycles. The fourth-order valence-electron chi connectivity index (χ4n) is 10.3. The minimum atomic E-state index is -0.309. The van der Waals surface area contributed by atoms with Crippen molar-refractivity contribution in [2.75, 3.05) is 4.90 Å². The summed E-state index contributed by atoms with van der Waals surface area (Å²) in [5.74, 6) is 0. The first kappa shape index (κ1) is 33.0. The number of rotatable bonds is 7. The summed E-state index contributed by atoms with van der Waals surface area (Å²) in [5.41, 5.74) is 20.7. The highest BCUT2D eigenvalue weighted by Crippen LogP contribution is 2.64. The third kappa shape index (κ3) is 4.75. The number of para-hydroxylation sites is 1. The molecule has 2 nitrogen and oxygen atoms in total. The lowest BCUT2D eigenvalue weighted by atomic mass is 9.68. The predicted octanol–water partition coefficient (Wildman–Crippen LogP) is 14.3. The van der Waals surface area contributed by atoms with Crippen LogP contribution in [-0.2, 0) is 11.8 Å². The smallest absolute Gasteiger partial charge is 0.0689 e. The quantitative estimate of drug-likeness (QED) is 0.159. The Kier molecular flexibility index (Phi) is 7.57. The van der Waals surface area contributed by atoms with Gasteiger partial charge in [-0.15, -0.1) is 0 Å². The maximum Gasteiger partial charge on any atom is 0.0689 e. The number of benzene rings is 7. The summed E-state index contributed by atoms with van der Waals surface area (Å²) in [6, 6.07) is 59.6. The number of nitrogens with zero attached hydrogens (tertiary/aromatic N) is 2. The number of hydrogen-bond donors (Lipinski definition) is 0. The van der Waals surface area contributed by atoms with Crippen LogP contribution in [0.5, 0.6) is 0 Å². The van der Waals surface area contributed by atoms with E-state index >= 15 is 0 Å². The summed E-state index contributed by atoms with van der Waals surface area (Å²) in [5, 5.41) is 2.65. The van der Waals surface area contributed by atoms with Crippen molar-refractivity contribution in [2.45, 2.75) is 51.4 Å². The highest BCUT2D eigenvalue weighted by molar-refractivity contribution is 6.10. The molecule has 11 rings (SSSR count). The number of aryl methyl sites for hydroxylation is 2. The van der Waals surface area contributed by atoms with Gasteiger partial charge in [0.1, 0.15) is 0 Å². The summed E-state index contributed by atoms with van der Waals surface area (Å²) >= 11 is 0. The zero-order valence-electron chi connectivity index (χ0n) is 32.1. The van der Waals surface area contributed by atoms with Crippen molar-refractivity contribution in [2.24, 2.45) is 0 Å². The summed E-state index contributed by atoms with van der Waals surface area (Å²) in [4.78, 5) is 2.44. The van der Waals surface area contributed by atoms with Crippen LogP contribution in [0, 0.1) is 6.92 Å². The second kappa shape index (κ2) is 12.9. The second-order valence-electron chi connectivity index (χ2n) is 15.9. The molecule has 0 saturated heterocycles. The summed E-state index contributed by atoms with van der Waals surface area (Å²) in [6.07, 6.45) is 10.4. The first-order valence-corrected chi connectivity index (χ1v) is 20.4. The van der Waals surface area contributed by atoms with Gasteiger partial charge >= 0.3 is 0 Å². The molecule has 0 N–H and O–H groups in total. The summed E-state index contributed by atoms with van der Waals surface area (Å²) < 4.78 is 2.45. The minimum Gasteiger partial charge on any atom is -0.310 e. The van der Waals surface area contributed by atoms with E-state index in [2.05, 4.69) is 193 Å². The first-order valence-electron chi connectivity index (χ1n) is 20.4. The van der Waals surface area contributed by atoms with Crippen LogP contribution in [0.4, 0.5) is 17.1 Å². The molecule has 0 bridgehead atoms. The van der Waals surface area contributed by atoms with E-state index in [1.54, 1.807) is 5.57 Å². The Labute approximate surface area is 329 Å². The topological polar surface area (TPSA) is 8.17 Å². The van der Waals surface area contributed by atoms with Gasteiger partial charge in [-0.3, -0.25) is 0 Å². The van der Waals surface area contributed by atoms with Crippen molar-refractivity contribution in [3.63, 3.8) is 0 Å². The molecule has 1 atom stereocenters. The fraction of sp³-hybridized carbons (Fsp3) is 0.148. The van der Waals surface area contributed by atoms with E-state index < -0.39 is 0 Å². The first-order chi connectivity index (χ1) is 27.6. The number of aromatic nitrogens is 1. The molecular weight excluding hydrogens is 677 g/mol. The third-order valence-corrected chi connectivity index (χ3v) is 12.7. The van der Waals surface area contributed by atoms with Crippen molar-refractivity contribution in [1.29, 1.82) is 0 Å². The number of anilines is 3. The van der Waals surface area contributed by atoms with Gasteiger partial charge in [0.25, 0.3) is 0 Å². The van der Waals surface area contributed by atoms with Crippen LogP contribution in [0.2, 0.25) is 0 Å². The average Bonchev–Trinajstić information content (AvgIpc) is 3.85. The molecule has 0 amide bonds. The van der Waals surface area contributed by atoms with Gasteiger partial charge in [-0.25, -0.2) is 0 Å². The highest BCUT2D eigenvalue weighted by atomic mass is 15.1. The van der Waals surface area contributed by atoms with E-state index in [1.807, 2.05) is 0 Å². The summed E-state index contributed by atoms with van der Waals surface area (Å²) in [6.45, 7) is 4.47. The molecule has 1 aromatic heterocycles. The van der Waals surface area contributed by atoms with Gasteiger partial charge in [0.15, 0.2) is 0 Å². The van der Waals surface area contributed by atoms with Crippen molar-refractivity contribution in [1.82, 2.24) is 4.57 Å². The van der Waals surface area contributed by atoms with Gasteiger partial charge in [-0.1, -0.05) is 116 Å². The lowest BCUT2D eigenvalue weighted by Crippen LogP contribution is -2.28. The summed E-state index contributed by atoms with van der Waals surface area (Å²) in [7, 11) is 0. The van der Waals surface area contributed by atoms with E-state index in [9.17, 15) is 0 Å². The Balaban J connectivity index is 1.08. The molecule has 8 aromatic rings. The Morgan fingerprint density at radius 2 is 1.25 bits per heavy atom. The highest BCUT2D eigenvalue weighted by Gasteiger charge is 2.52. The Bertz CT molecular complexity index is 2900. The minimum absolute atomic E-state index is 0.309. The number of unbranched alkanes of at least 4 members (excludes halogenated alkanes) is 1. The standard InChI is InChI=1S/C54H44N2/c1-3-4-14-37-24-32-53-47(34-37)46-33-36(2)23-31-52(46)56(53)40-27-25-39(26-28-40)55(38-15-6-5-7-16-38)41-29-30-45-44-19-10-13-22-50(44)54(51(45)35-41)48-20-11-8-17-42(48)43-18-9-12-21-49(43)54/h5-11,13,15-20,22-35H,3-4,12,14,21H2,1-2H3. The van der Waals surface area contributed by atoms with E-state index in [0.29, 0.717) is 0 Å². The average molecular weight is 721 g/mol. The van der Waals surface area contributed by atoms with Gasteiger partial charge in [0, 0.05) is 33.5 Å². The van der Waals surface area contributed by atoms with Crippen molar-refractivity contribution in [3.05, 3.63) is 209 Å². The normalized spacial score (nSPS) is 16.4. The molecule has 2 heteroatoms. The van der Waals surface area contributed by atoms with E-state index in [4.69, 9.17) is 0 Å². The zero-order chi connectivity index (χ0) is 37.4. The molecule has 1 unspecified atom stereocenters. The lowest BCUT2D eigenvalue weighted by Gasteiger charge is -2.34. The monoisotopic (exact) mass is 720 g/mol. The van der Waals surface area contributed by atoms with Crippen LogP contribution < -0.4 is 4.90 Å². The molecule has 0 fully saturated rings. The van der Waals surface area contributed by atoms with Gasteiger partial charge in [0.05, 0.1) is 16.4 Å². The third-order valence-electron chi connectivity index (χ3n) is 12.7. The van der Waals surface area contributed by atoms with Crippen LogP contribution >= 0.6 is 0 Å². The molecular formula is C54H44N2. The van der Waals surface area contributed by atoms with Crippen molar-refractivity contribution >= 4 is 44.4 Å². The number of allylic oxidation sites excluding steroid dienone is 4. The molecule has 1 heterocycles. The lowest BCUT2D eigenvalue weighted by molar-refractivity contribution is 0.714. The molecule has 56 heavy (non-hydrogen) atoms. The Morgan fingerprint density at radius 1 is 0.589 bits per heavy atom. The molecule has 3 aliphatic rings. The number of hydrogen-bond acceptors (Lipinski definition) is 1. The van der Waals surface area contributed by atoms with Gasteiger partial charge in [-0.2, -0.15) is 0 Å². The van der Waals surface area contributed by atoms with E-state index in [0.717, 1.165) is 30.6 Å². The molecule has 0 aliphatic heterocycles. The Hall–Kier alpha value is -6.38. The largest absolute Gasteiger partial charge is 0.310 e. The van der Waals surface area contributed by atoms with Crippen LogP contribution in [0.1, 0.15) is 66.0 Å². The molecule has 1 spiro atoms. The van der Waals surface area contributed by atoms with E-state index in [-0.39, 0.29) is 5.41 Å². The Morgan fingerprint density at radius 3 is 2.05 bits per heavy atom. The fourth-order valence-corrected chi connectivity index (χ4v) is 10.3. The van der Waals surface area contributed by atoms with E-state index in [1.165, 1.54) is 96.1 Å². The molecule has 0 radical (unpaired) electrons. The maximum atomic E-state index is 2.51. The van der Waals surface area contributed by atoms with Gasteiger partial charge in [-0.05, 0) is 155 Å². The van der Waals surface area contributed by atoms with Crippen LogP contribution in [0.3, 0.4) is 0 Å². The molecule has 0 saturated carbocycles. The maximum absolute atomic E-state index is 2.51. The SMILES string of the molecule is CCCCc1ccc2c(c1)c1cc(C)ccc1n2-c1ccc(N(c2ccccc2)c2ccc3c(c2)C2(C4=C(C=CCC4)c4ccccc42)c2ccccc2-3)cc1. The predicted molar refractivity (Wildman–Crippen MR) is 236 cm³/mol. The molecule has 3 aliphatic carbocycles. The van der Waals surface area contributed by atoms with Crippen molar-refractivity contribution in [3.8, 4) is 16.8 Å².